The molecule has 0 heterocycles. The SMILES string of the molecule is COc1cc(C)c(CNCCNC2CC2)c(OC)c1. The summed E-state index contributed by atoms with van der Waals surface area (Å²) in [6.45, 7) is 4.92. The number of methoxy groups -OCH3 is 2. The Hall–Kier alpha value is -1.26. The van der Waals surface area contributed by atoms with Gasteiger partial charge in [-0.2, -0.15) is 0 Å². The molecular weight excluding hydrogens is 240 g/mol. The molecule has 0 saturated heterocycles. The predicted molar refractivity (Wildman–Crippen MR) is 77.0 cm³/mol. The van der Waals surface area contributed by atoms with Crippen LogP contribution in [0.5, 0.6) is 11.5 Å². The molecule has 19 heavy (non-hydrogen) atoms. The van der Waals surface area contributed by atoms with Gasteiger partial charge < -0.3 is 20.1 Å². The van der Waals surface area contributed by atoms with Crippen LogP contribution in [0.2, 0.25) is 0 Å². The van der Waals surface area contributed by atoms with Crippen molar-refractivity contribution in [3.8, 4) is 11.5 Å². The summed E-state index contributed by atoms with van der Waals surface area (Å²) in [7, 11) is 3.38. The molecule has 4 heteroatoms. The minimum absolute atomic E-state index is 0.777. The number of benzene rings is 1. The second kappa shape index (κ2) is 6.78. The zero-order chi connectivity index (χ0) is 13.7. The number of nitrogens with one attached hydrogen (secondary N) is 2. The summed E-state index contributed by atoms with van der Waals surface area (Å²) in [6, 6.07) is 4.76. The summed E-state index contributed by atoms with van der Waals surface area (Å²) in [5.41, 5.74) is 2.40. The van der Waals surface area contributed by atoms with Crippen molar-refractivity contribution < 1.29 is 9.47 Å². The predicted octanol–water partition coefficient (Wildman–Crippen LogP) is 1.85. The van der Waals surface area contributed by atoms with E-state index in [4.69, 9.17) is 9.47 Å². The summed E-state index contributed by atoms with van der Waals surface area (Å²) in [5, 5.41) is 6.95. The van der Waals surface area contributed by atoms with Crippen molar-refractivity contribution >= 4 is 0 Å². The second-order valence-corrected chi connectivity index (χ2v) is 5.03. The van der Waals surface area contributed by atoms with Gasteiger partial charge in [-0.15, -0.1) is 0 Å². The number of rotatable bonds is 8. The summed E-state index contributed by atoms with van der Waals surface area (Å²) >= 11 is 0. The molecule has 4 nitrogen and oxygen atoms in total. The summed E-state index contributed by atoms with van der Waals surface area (Å²) in [4.78, 5) is 0. The fourth-order valence-corrected chi connectivity index (χ4v) is 2.14. The normalized spacial score (nSPS) is 14.5. The van der Waals surface area contributed by atoms with Crippen LogP contribution in [0.15, 0.2) is 12.1 Å². The zero-order valence-corrected chi connectivity index (χ0v) is 12.1. The minimum atomic E-state index is 0.777. The van der Waals surface area contributed by atoms with E-state index < -0.39 is 0 Å². The van der Waals surface area contributed by atoms with Crippen LogP contribution in [0.3, 0.4) is 0 Å². The Morgan fingerprint density at radius 1 is 1.16 bits per heavy atom. The molecule has 1 aromatic carbocycles. The molecule has 1 aliphatic rings. The van der Waals surface area contributed by atoms with Crippen LogP contribution >= 0.6 is 0 Å². The average Bonchev–Trinajstić information content (AvgIpc) is 3.23. The van der Waals surface area contributed by atoms with Crippen LogP contribution in [-0.2, 0) is 6.54 Å². The molecule has 106 valence electrons. The van der Waals surface area contributed by atoms with E-state index in [2.05, 4.69) is 17.6 Å². The van der Waals surface area contributed by atoms with Crippen LogP contribution in [0.1, 0.15) is 24.0 Å². The Kier molecular flexibility index (Phi) is 5.05. The van der Waals surface area contributed by atoms with E-state index >= 15 is 0 Å². The largest absolute Gasteiger partial charge is 0.497 e. The highest BCUT2D eigenvalue weighted by Gasteiger charge is 2.19. The highest BCUT2D eigenvalue weighted by atomic mass is 16.5. The first-order valence-electron chi connectivity index (χ1n) is 6.90. The Balaban J connectivity index is 1.86. The van der Waals surface area contributed by atoms with Gasteiger partial charge in [0, 0.05) is 37.3 Å². The first kappa shape index (κ1) is 14.2. The Bertz CT molecular complexity index is 417. The lowest BCUT2D eigenvalue weighted by molar-refractivity contribution is 0.389. The van der Waals surface area contributed by atoms with Crippen molar-refractivity contribution in [1.82, 2.24) is 10.6 Å². The molecule has 2 rings (SSSR count). The maximum absolute atomic E-state index is 5.44. The minimum Gasteiger partial charge on any atom is -0.497 e. The molecule has 0 radical (unpaired) electrons. The van der Waals surface area contributed by atoms with E-state index in [0.29, 0.717) is 0 Å². The van der Waals surface area contributed by atoms with Gasteiger partial charge >= 0.3 is 0 Å². The molecule has 2 N–H and O–H groups in total. The van der Waals surface area contributed by atoms with Crippen LogP contribution < -0.4 is 20.1 Å². The van der Waals surface area contributed by atoms with Gasteiger partial charge in [-0.25, -0.2) is 0 Å². The fraction of sp³-hybridized carbons (Fsp3) is 0.600. The number of hydrogen-bond donors (Lipinski definition) is 2. The van der Waals surface area contributed by atoms with E-state index in [1.807, 2.05) is 12.1 Å². The Morgan fingerprint density at radius 3 is 2.58 bits per heavy atom. The smallest absolute Gasteiger partial charge is 0.127 e. The Morgan fingerprint density at radius 2 is 1.95 bits per heavy atom. The monoisotopic (exact) mass is 264 g/mol. The maximum Gasteiger partial charge on any atom is 0.127 e. The van der Waals surface area contributed by atoms with Gasteiger partial charge in [0.15, 0.2) is 0 Å². The molecule has 0 aromatic heterocycles. The maximum atomic E-state index is 5.44. The van der Waals surface area contributed by atoms with Gasteiger partial charge in [0.25, 0.3) is 0 Å². The van der Waals surface area contributed by atoms with Crippen molar-refractivity contribution in [1.29, 1.82) is 0 Å². The molecule has 0 bridgehead atoms. The van der Waals surface area contributed by atoms with E-state index in [0.717, 1.165) is 37.2 Å². The van der Waals surface area contributed by atoms with Gasteiger partial charge in [-0.3, -0.25) is 0 Å². The highest BCUT2D eigenvalue weighted by Crippen LogP contribution is 2.28. The van der Waals surface area contributed by atoms with Crippen molar-refractivity contribution in [2.45, 2.75) is 32.4 Å². The quantitative estimate of drug-likeness (QED) is 0.703. The lowest BCUT2D eigenvalue weighted by Gasteiger charge is -2.14. The molecular formula is C15H24N2O2. The van der Waals surface area contributed by atoms with E-state index in [1.165, 1.54) is 24.0 Å². The number of aryl methyl sites for hydroxylation is 1. The molecule has 1 saturated carbocycles. The van der Waals surface area contributed by atoms with Crippen LogP contribution in [0.4, 0.5) is 0 Å². The Labute approximate surface area is 115 Å². The molecule has 0 amide bonds. The zero-order valence-electron chi connectivity index (χ0n) is 12.1. The fourth-order valence-electron chi connectivity index (χ4n) is 2.14. The van der Waals surface area contributed by atoms with Crippen LogP contribution in [-0.4, -0.2) is 33.4 Å². The lowest BCUT2D eigenvalue weighted by Crippen LogP contribution is -2.28. The third-order valence-corrected chi connectivity index (χ3v) is 3.48. The number of hydrogen-bond acceptors (Lipinski definition) is 4. The van der Waals surface area contributed by atoms with Crippen molar-refractivity contribution in [2.24, 2.45) is 0 Å². The third-order valence-electron chi connectivity index (χ3n) is 3.48. The summed E-state index contributed by atoms with van der Waals surface area (Å²) in [5.74, 6) is 1.73. The van der Waals surface area contributed by atoms with Gasteiger partial charge in [0.05, 0.1) is 14.2 Å². The van der Waals surface area contributed by atoms with Crippen LogP contribution in [0, 0.1) is 6.92 Å². The molecule has 1 fully saturated rings. The third kappa shape index (κ3) is 4.11. The van der Waals surface area contributed by atoms with Gasteiger partial charge in [-0.05, 0) is 31.4 Å². The first-order valence-corrected chi connectivity index (χ1v) is 6.90. The molecule has 1 aliphatic carbocycles. The van der Waals surface area contributed by atoms with Crippen molar-refractivity contribution in [3.63, 3.8) is 0 Å². The second-order valence-electron chi connectivity index (χ2n) is 5.03. The van der Waals surface area contributed by atoms with Gasteiger partial charge in [0.2, 0.25) is 0 Å². The molecule has 0 spiro atoms. The van der Waals surface area contributed by atoms with Crippen LogP contribution in [0.25, 0.3) is 0 Å². The molecule has 1 aromatic rings. The molecule has 0 atom stereocenters. The average molecular weight is 264 g/mol. The topological polar surface area (TPSA) is 42.5 Å². The van der Waals surface area contributed by atoms with E-state index in [1.54, 1.807) is 14.2 Å². The van der Waals surface area contributed by atoms with Gasteiger partial charge in [-0.1, -0.05) is 0 Å². The highest BCUT2D eigenvalue weighted by molar-refractivity contribution is 5.46. The standard InChI is InChI=1S/C15H24N2O2/c1-11-8-13(18-2)9-15(19-3)14(11)10-16-6-7-17-12-4-5-12/h8-9,12,16-17H,4-7,10H2,1-3H3. The van der Waals surface area contributed by atoms with Crippen molar-refractivity contribution in [2.75, 3.05) is 27.3 Å². The summed E-state index contributed by atoms with van der Waals surface area (Å²) in [6.07, 6.45) is 2.68. The molecule has 0 aliphatic heterocycles. The van der Waals surface area contributed by atoms with E-state index in [9.17, 15) is 0 Å². The van der Waals surface area contributed by atoms with Crippen molar-refractivity contribution in [3.05, 3.63) is 23.3 Å². The lowest BCUT2D eigenvalue weighted by atomic mass is 10.1. The number of ether oxygens (including phenoxy) is 2. The van der Waals surface area contributed by atoms with E-state index in [-0.39, 0.29) is 0 Å². The first-order chi connectivity index (χ1) is 9.24. The van der Waals surface area contributed by atoms with Gasteiger partial charge in [0.1, 0.15) is 11.5 Å². The molecule has 0 unspecified atom stereocenters. The summed E-state index contributed by atoms with van der Waals surface area (Å²) < 4.78 is 10.7.